The van der Waals surface area contributed by atoms with Gasteiger partial charge in [0.25, 0.3) is 11.8 Å². The number of amides is 3. The number of rotatable bonds is 9. The van der Waals surface area contributed by atoms with E-state index in [0.717, 1.165) is 0 Å². The van der Waals surface area contributed by atoms with Crippen molar-refractivity contribution in [1.82, 2.24) is 5.32 Å². The van der Waals surface area contributed by atoms with E-state index in [0.29, 0.717) is 31.2 Å². The van der Waals surface area contributed by atoms with Gasteiger partial charge in [-0.05, 0) is 73.2 Å². The first kappa shape index (κ1) is 30.0. The lowest BCUT2D eigenvalue weighted by Crippen LogP contribution is -2.30. The molecule has 41 heavy (non-hydrogen) atoms. The number of hydrogen-bond acceptors (Lipinski definition) is 4. The summed E-state index contributed by atoms with van der Waals surface area (Å²) in [5.41, 5.74) is 1.47. The van der Waals surface area contributed by atoms with Crippen LogP contribution in [0.15, 0.2) is 112 Å². The highest BCUT2D eigenvalue weighted by Crippen LogP contribution is 2.28. The van der Waals surface area contributed by atoms with Crippen molar-refractivity contribution >= 4 is 74.5 Å². The smallest absolute Gasteiger partial charge is 0.272 e. The summed E-state index contributed by atoms with van der Waals surface area (Å²) in [6.45, 7) is 1.70. The molecule has 0 spiro atoms. The van der Waals surface area contributed by atoms with Crippen LogP contribution in [-0.2, 0) is 9.59 Å². The predicted octanol–water partition coefficient (Wildman–Crippen LogP) is 7.77. The minimum Gasteiger partial charge on any atom is -0.323 e. The topological polar surface area (TPSA) is 87.3 Å². The third-order valence-corrected chi connectivity index (χ3v) is 7.63. The molecule has 0 bridgehead atoms. The Morgan fingerprint density at radius 2 is 1.63 bits per heavy atom. The molecule has 10 heteroatoms. The number of hydrogen-bond donors (Lipinski definition) is 3. The van der Waals surface area contributed by atoms with Crippen molar-refractivity contribution in [3.63, 3.8) is 0 Å². The normalized spacial score (nSPS) is 11.9. The SMILES string of the molecule is CC(Sc1cccc(NC(=O)/C(=C\c2ccccc2Cl)NC(=O)c2ccccc2)c1)C(=O)Nc1ccc(Br)cc1F. The fraction of sp³-hybridized carbons (Fsp3) is 0.0645. The Balaban J connectivity index is 1.48. The van der Waals surface area contributed by atoms with E-state index in [-0.39, 0.29) is 17.3 Å². The number of thioether (sulfide) groups is 1. The van der Waals surface area contributed by atoms with E-state index < -0.39 is 22.9 Å². The molecule has 1 atom stereocenters. The molecule has 0 radical (unpaired) electrons. The van der Waals surface area contributed by atoms with Gasteiger partial charge in [-0.25, -0.2) is 4.39 Å². The second kappa shape index (κ2) is 14.1. The van der Waals surface area contributed by atoms with Gasteiger partial charge < -0.3 is 16.0 Å². The Bertz CT molecular complexity index is 1620. The van der Waals surface area contributed by atoms with Crippen LogP contribution in [0.5, 0.6) is 0 Å². The molecule has 208 valence electrons. The molecule has 0 aliphatic heterocycles. The van der Waals surface area contributed by atoms with Crippen molar-refractivity contribution in [3.05, 3.63) is 129 Å². The number of anilines is 2. The molecule has 4 rings (SSSR count). The molecular formula is C31H24BrClFN3O3S. The molecule has 0 aromatic heterocycles. The minimum absolute atomic E-state index is 0.00530. The summed E-state index contributed by atoms with van der Waals surface area (Å²) in [6.07, 6.45) is 1.50. The highest BCUT2D eigenvalue weighted by molar-refractivity contribution is 9.10. The molecule has 0 saturated heterocycles. The lowest BCUT2D eigenvalue weighted by atomic mass is 10.1. The van der Waals surface area contributed by atoms with Crippen molar-refractivity contribution in [1.29, 1.82) is 0 Å². The van der Waals surface area contributed by atoms with Crippen molar-refractivity contribution in [2.45, 2.75) is 17.1 Å². The van der Waals surface area contributed by atoms with E-state index in [1.54, 1.807) is 91.9 Å². The number of nitrogens with one attached hydrogen (secondary N) is 3. The van der Waals surface area contributed by atoms with Gasteiger partial charge in [0.1, 0.15) is 11.5 Å². The molecule has 4 aromatic carbocycles. The van der Waals surface area contributed by atoms with E-state index in [2.05, 4.69) is 31.9 Å². The Labute approximate surface area is 254 Å². The number of carbonyl (C=O) groups excluding carboxylic acids is 3. The Morgan fingerprint density at radius 1 is 0.902 bits per heavy atom. The van der Waals surface area contributed by atoms with Crippen LogP contribution in [0.2, 0.25) is 5.02 Å². The molecule has 0 heterocycles. The molecule has 3 amide bonds. The van der Waals surface area contributed by atoms with E-state index in [9.17, 15) is 18.8 Å². The first-order valence-corrected chi connectivity index (χ1v) is 14.4. The predicted molar refractivity (Wildman–Crippen MR) is 166 cm³/mol. The highest BCUT2D eigenvalue weighted by atomic mass is 79.9. The Kier molecular flexibility index (Phi) is 10.3. The first-order valence-electron chi connectivity index (χ1n) is 12.4. The van der Waals surface area contributed by atoms with Crippen LogP contribution in [0.1, 0.15) is 22.8 Å². The summed E-state index contributed by atoms with van der Waals surface area (Å²) in [6, 6.07) is 26.8. The zero-order valence-corrected chi connectivity index (χ0v) is 24.8. The van der Waals surface area contributed by atoms with Crippen LogP contribution in [0, 0.1) is 5.82 Å². The number of halogens is 3. The summed E-state index contributed by atoms with van der Waals surface area (Å²) in [5, 5.41) is 7.93. The van der Waals surface area contributed by atoms with Crippen LogP contribution in [0.4, 0.5) is 15.8 Å². The quantitative estimate of drug-likeness (QED) is 0.127. The lowest BCUT2D eigenvalue weighted by Gasteiger charge is -2.14. The summed E-state index contributed by atoms with van der Waals surface area (Å²) in [7, 11) is 0. The first-order chi connectivity index (χ1) is 19.7. The van der Waals surface area contributed by atoms with Crippen molar-refractivity contribution in [2.24, 2.45) is 0 Å². The third-order valence-electron chi connectivity index (χ3n) is 5.70. The second-order valence-corrected chi connectivity index (χ2v) is 11.5. The standard InChI is InChI=1S/C31H24BrClFN3O3S/c1-19(29(38)36-27-15-14-22(32)17-26(27)34)41-24-12-7-11-23(18-24)35-31(40)28(16-21-10-5-6-13-25(21)33)37-30(39)20-8-3-2-4-9-20/h2-19H,1H3,(H,35,40)(H,36,38)(H,37,39)/b28-16+. The Hall–Kier alpha value is -3.92. The molecule has 0 aliphatic rings. The fourth-order valence-electron chi connectivity index (χ4n) is 3.62. The van der Waals surface area contributed by atoms with E-state index in [1.807, 2.05) is 0 Å². The second-order valence-electron chi connectivity index (χ2n) is 8.76. The van der Waals surface area contributed by atoms with Gasteiger partial charge in [0.15, 0.2) is 0 Å². The maximum absolute atomic E-state index is 14.1. The lowest BCUT2D eigenvalue weighted by molar-refractivity contribution is -0.115. The van der Waals surface area contributed by atoms with Gasteiger partial charge in [-0.2, -0.15) is 0 Å². The summed E-state index contributed by atoms with van der Waals surface area (Å²) < 4.78 is 14.7. The van der Waals surface area contributed by atoms with E-state index in [4.69, 9.17) is 11.6 Å². The maximum atomic E-state index is 14.1. The van der Waals surface area contributed by atoms with Crippen LogP contribution >= 0.6 is 39.3 Å². The molecule has 0 aliphatic carbocycles. The van der Waals surface area contributed by atoms with E-state index >= 15 is 0 Å². The van der Waals surface area contributed by atoms with Crippen LogP contribution in [0.25, 0.3) is 6.08 Å². The fourth-order valence-corrected chi connectivity index (χ4v) is 5.07. The maximum Gasteiger partial charge on any atom is 0.272 e. The minimum atomic E-state index is -0.565. The number of carbonyl (C=O) groups is 3. The molecular weight excluding hydrogens is 629 g/mol. The van der Waals surface area contributed by atoms with Crippen LogP contribution in [-0.4, -0.2) is 23.0 Å². The summed E-state index contributed by atoms with van der Waals surface area (Å²) in [4.78, 5) is 39.6. The molecule has 0 saturated carbocycles. The van der Waals surface area contributed by atoms with Gasteiger partial charge in [0, 0.05) is 25.6 Å². The van der Waals surface area contributed by atoms with Crippen molar-refractivity contribution in [2.75, 3.05) is 10.6 Å². The average molecular weight is 653 g/mol. The van der Waals surface area contributed by atoms with Gasteiger partial charge in [0.2, 0.25) is 5.91 Å². The molecule has 3 N–H and O–H groups in total. The van der Waals surface area contributed by atoms with E-state index in [1.165, 1.54) is 30.0 Å². The van der Waals surface area contributed by atoms with Gasteiger partial charge >= 0.3 is 0 Å². The van der Waals surface area contributed by atoms with Gasteiger partial charge in [-0.1, -0.05) is 70.0 Å². The zero-order chi connectivity index (χ0) is 29.4. The van der Waals surface area contributed by atoms with Crippen LogP contribution < -0.4 is 16.0 Å². The van der Waals surface area contributed by atoms with Crippen molar-refractivity contribution < 1.29 is 18.8 Å². The Morgan fingerprint density at radius 3 is 2.37 bits per heavy atom. The summed E-state index contributed by atoms with van der Waals surface area (Å²) >= 11 is 10.7. The molecule has 0 fully saturated rings. The zero-order valence-electron chi connectivity index (χ0n) is 21.7. The largest absolute Gasteiger partial charge is 0.323 e. The van der Waals surface area contributed by atoms with Gasteiger partial charge in [-0.3, -0.25) is 14.4 Å². The molecule has 1 unspecified atom stereocenters. The number of benzene rings is 4. The van der Waals surface area contributed by atoms with Crippen molar-refractivity contribution in [3.8, 4) is 0 Å². The average Bonchev–Trinajstić information content (AvgIpc) is 2.95. The highest BCUT2D eigenvalue weighted by Gasteiger charge is 2.18. The van der Waals surface area contributed by atoms with Crippen LogP contribution in [0.3, 0.4) is 0 Å². The monoisotopic (exact) mass is 651 g/mol. The summed E-state index contributed by atoms with van der Waals surface area (Å²) in [5.74, 6) is -1.94. The van der Waals surface area contributed by atoms with Gasteiger partial charge in [-0.15, -0.1) is 11.8 Å². The van der Waals surface area contributed by atoms with Gasteiger partial charge in [0.05, 0.1) is 10.9 Å². The molecule has 4 aromatic rings. The molecule has 6 nitrogen and oxygen atoms in total. The third kappa shape index (κ3) is 8.53.